The van der Waals surface area contributed by atoms with Crippen molar-refractivity contribution in [2.75, 3.05) is 68.3 Å². The number of aliphatic hydroxyl groups excluding tert-OH is 2. The van der Waals surface area contributed by atoms with Crippen LogP contribution in [-0.4, -0.2) is 245 Å². The minimum absolute atomic E-state index is 0.0377. The number of H-pyrrole nitrogens is 4. The van der Waals surface area contributed by atoms with Gasteiger partial charge in [-0.2, -0.15) is 19.9 Å². The lowest BCUT2D eigenvalue weighted by Gasteiger charge is -2.26. The van der Waals surface area contributed by atoms with E-state index in [0.29, 0.717) is 0 Å². The van der Waals surface area contributed by atoms with E-state index in [1.54, 1.807) is 0 Å². The number of ether oxygens (including phenoxy) is 6. The quantitative estimate of drug-likeness (QED) is 0.0191. The summed E-state index contributed by atoms with van der Waals surface area (Å²) in [6.45, 7) is -5.94. The summed E-state index contributed by atoms with van der Waals surface area (Å²) in [7, 11) is -27.5. The highest BCUT2D eigenvalue weighted by molar-refractivity contribution is 9.10. The van der Waals surface area contributed by atoms with Crippen molar-refractivity contribution in [1.82, 2.24) is 97.2 Å². The van der Waals surface area contributed by atoms with Gasteiger partial charge in [0.05, 0.1) is 75.5 Å². The van der Waals surface area contributed by atoms with Crippen LogP contribution in [0, 0.1) is 0 Å². The Kier molecular flexibility index (Phi) is 24.4. The number of hydrogen-bond acceptors (Lipinski definition) is 44. The third-order valence-corrected chi connectivity index (χ3v) is 25.6. The zero-order valence-electron chi connectivity index (χ0n) is 62.3. The summed E-state index contributed by atoms with van der Waals surface area (Å²) >= 11 is 3.03. The van der Waals surface area contributed by atoms with E-state index in [9.17, 15) is 86.3 Å². The molecule has 6 fully saturated rings. The number of phosphoric acid groups is 5. The van der Waals surface area contributed by atoms with Crippen LogP contribution >= 0.6 is 55.0 Å². The summed E-state index contributed by atoms with van der Waals surface area (Å²) in [6.07, 6.45) is -21.9. The second-order valence-electron chi connectivity index (χ2n) is 28.1. The fourth-order valence-electron chi connectivity index (χ4n) is 14.4. The second-order valence-corrected chi connectivity index (χ2v) is 36.0. The van der Waals surface area contributed by atoms with Gasteiger partial charge < -0.3 is 91.8 Å². The van der Waals surface area contributed by atoms with E-state index >= 15 is 0 Å². The molecule has 0 spiro atoms. The molecule has 0 aliphatic carbocycles. The molecule has 21 N–H and O–H groups in total. The summed E-state index contributed by atoms with van der Waals surface area (Å²) in [5, 5.41) is 21.2. The number of halogens is 1. The van der Waals surface area contributed by atoms with Crippen LogP contribution in [0.5, 0.6) is 0 Å². The van der Waals surface area contributed by atoms with E-state index in [-0.39, 0.29) is 91.5 Å². The van der Waals surface area contributed by atoms with Gasteiger partial charge in [-0.3, -0.25) is 112 Å². The first kappa shape index (κ1) is 87.3. The van der Waals surface area contributed by atoms with Crippen LogP contribution in [0.4, 0.5) is 29.5 Å². The zero-order valence-corrected chi connectivity index (χ0v) is 68.4. The van der Waals surface area contributed by atoms with Gasteiger partial charge in [0.15, 0.2) is 45.0 Å². The smallest absolute Gasteiger partial charge is 0.394 e. The molecule has 664 valence electrons. The molecule has 6 aliphatic heterocycles. The summed E-state index contributed by atoms with van der Waals surface area (Å²) in [6, 6.07) is 1.29. The van der Waals surface area contributed by atoms with Crippen LogP contribution in [-0.2, 0) is 96.5 Å². The second kappa shape index (κ2) is 34.3. The van der Waals surface area contributed by atoms with E-state index in [0.717, 1.165) is 34.3 Å². The largest absolute Gasteiger partial charge is 0.472 e. The first-order chi connectivity index (χ1) is 58.3. The van der Waals surface area contributed by atoms with Gasteiger partial charge in [0.25, 0.3) is 22.2 Å². The lowest BCUT2D eigenvalue weighted by molar-refractivity contribution is -0.0646. The average Bonchev–Trinajstić information content (AvgIpc) is 1.64. The van der Waals surface area contributed by atoms with Crippen molar-refractivity contribution in [3.8, 4) is 0 Å². The first-order valence-corrected chi connectivity index (χ1v) is 44.5. The maximum atomic E-state index is 14.5. The van der Waals surface area contributed by atoms with Gasteiger partial charge in [0, 0.05) is 50.9 Å². The number of anilines is 5. The number of aliphatic hydroxyl groups is 2. The average molecular weight is 1900 g/mol. The van der Waals surface area contributed by atoms with Crippen LogP contribution in [0.3, 0.4) is 0 Å². The maximum absolute atomic E-state index is 14.5. The summed E-state index contributed by atoms with van der Waals surface area (Å²) < 4.78 is 169. The minimum Gasteiger partial charge on any atom is -0.394 e. The lowest BCUT2D eigenvalue weighted by Crippen LogP contribution is -2.33. The maximum Gasteiger partial charge on any atom is 0.472 e. The Balaban J connectivity index is 0.612. The number of hydrogen-bond donors (Lipinski definition) is 16. The Morgan fingerprint density at radius 3 is 1.13 bits per heavy atom. The molecule has 10 aromatic rings. The number of aromatic nitrogens is 20. The molecule has 0 amide bonds. The minimum atomic E-state index is -5.65. The van der Waals surface area contributed by atoms with Crippen LogP contribution in [0.15, 0.2) is 83.3 Å². The molecule has 65 heteroatoms. The highest BCUT2D eigenvalue weighted by atomic mass is 79.9. The molecule has 16 heterocycles. The third kappa shape index (κ3) is 18.9. The van der Waals surface area contributed by atoms with E-state index in [4.69, 9.17) is 102 Å². The summed E-state index contributed by atoms with van der Waals surface area (Å²) in [5.41, 5.74) is 23.2. The zero-order chi connectivity index (χ0) is 87.3. The number of nitrogens with two attached hydrogens (primary N) is 5. The SMILES string of the molecule is Nc1ccn([C@H]2C[C@H](O)[C@@H](COP(=O)(O)O[C@H]3C[C@H](n4cnc5c(=O)[nH]c(N)nc54)O[C@@H]3COP(=O)(O)O[C@H]3C[C@H](n4cc(Br)c(=O)[nH]c4=O)O[C@@H]3COP(=O)(O)O[C@H]3C[C@H](n4cnc5c(N)ncnc54)O[C@@H]3COP(=O)(O)O[C@H]3C[C@H](n4cnc5c(=O)[nH]c(N)nc54)O[C@@H]3COP(=O)(O)O[C@H]3C[C@H](n4cnc5c(=O)[nH]c(N)nc54)O[C@@H]3CO)O2)c(=O)n1. The Morgan fingerprint density at radius 2 is 0.748 bits per heavy atom. The third-order valence-electron chi connectivity index (χ3n) is 20.0. The Hall–Kier alpha value is -9.13. The molecular formula is C58H71BrN25O34P5. The molecule has 23 atom stereocenters. The fourth-order valence-corrected chi connectivity index (χ4v) is 19.5. The molecule has 5 unspecified atom stereocenters. The summed E-state index contributed by atoms with van der Waals surface area (Å²) in [5.74, 6) is -1.20. The van der Waals surface area contributed by atoms with E-state index < -0.39 is 249 Å². The van der Waals surface area contributed by atoms with Crippen molar-refractivity contribution in [2.24, 2.45) is 0 Å². The Bertz CT molecular complexity index is 6350. The molecular weight excluding hydrogens is 1830 g/mol. The first-order valence-electron chi connectivity index (χ1n) is 36.2. The van der Waals surface area contributed by atoms with E-state index in [2.05, 4.69) is 80.7 Å². The molecule has 0 bridgehead atoms. The molecule has 16 rings (SSSR count). The molecule has 0 aromatic carbocycles. The van der Waals surface area contributed by atoms with Crippen LogP contribution in [0.1, 0.15) is 75.9 Å². The molecule has 10 aromatic heterocycles. The molecule has 0 radical (unpaired) electrons. The molecule has 6 aliphatic rings. The van der Waals surface area contributed by atoms with E-state index in [1.165, 1.54) is 43.2 Å². The topological polar surface area (TPSA) is 829 Å². The molecule has 123 heavy (non-hydrogen) atoms. The van der Waals surface area contributed by atoms with Gasteiger partial charge in [-0.05, 0) is 22.0 Å². The van der Waals surface area contributed by atoms with Gasteiger partial charge in [-0.15, -0.1) is 0 Å². The van der Waals surface area contributed by atoms with Crippen LogP contribution in [0.2, 0.25) is 0 Å². The number of rotatable bonds is 32. The van der Waals surface area contributed by atoms with Gasteiger partial charge in [-0.1, -0.05) is 0 Å². The lowest BCUT2D eigenvalue weighted by atomic mass is 10.2. The molecule has 59 nitrogen and oxygen atoms in total. The van der Waals surface area contributed by atoms with Crippen molar-refractivity contribution in [3.63, 3.8) is 0 Å². The van der Waals surface area contributed by atoms with E-state index in [1.807, 2.05) is 4.98 Å². The standard InChI is InChI=1S/C58H71BrN25O34P5/c59-21-9-80(58(92)78-50(21)87)36-5-24(115-121(97,98)107-15-33-26(7-39(113-33)83-19-69-43-48(83)73-55(63)76-52(43)89)116-119(93,94)103-11-29-22(86)3-35(109-29)79-2-1-34(60)71-57(79)91)30(110-36)12-105-122(99,100)117-25-6-37(81-17-67-41-45(61)65-16-66-46(41)81)111-31(25)13-106-123(101,102)118-27-8-40(84-20-70-44-49(84)74-56(64)77-53(44)90)112-32(27)14-104-120(95,96)114-23-4-38(108-28(23)10-85)82-18-68-42-47(82)72-54(62)75-51(42)88/h1-2,9,16-20,22-33,35-40,85-86H,3-8,10-15H2,(H,93,94)(H,95,96)(H,97,98)(H,99,100)(H,101,102)(H2,60,71,91)(H2,61,65,66)(H,78,87,92)(H3,62,72,75,88)(H3,63,73,76,89)(H3,64,74,77,90)/t22-,23-,24-,25-,26-,27-,28+,29+,30+,31+,32+,33+,35+,36+,37+,38+,39+,40+/m0/s1. The van der Waals surface area contributed by atoms with Crippen molar-refractivity contribution in [3.05, 3.63) is 117 Å². The number of imidazole rings is 4. The Morgan fingerprint density at radius 1 is 0.415 bits per heavy atom. The highest BCUT2D eigenvalue weighted by Crippen LogP contribution is 2.57. The predicted octanol–water partition coefficient (Wildman–Crippen LogP) is -2.70. The fraction of sp³-hybridized carbons (Fsp3) is 0.517. The van der Waals surface area contributed by atoms with Gasteiger partial charge in [-0.25, -0.2) is 62.3 Å². The van der Waals surface area contributed by atoms with Crippen molar-refractivity contribution < 1.29 is 131 Å². The van der Waals surface area contributed by atoms with Crippen LogP contribution < -0.4 is 62.3 Å². The van der Waals surface area contributed by atoms with Crippen LogP contribution in [0.25, 0.3) is 44.7 Å². The van der Waals surface area contributed by atoms with Gasteiger partial charge in [0.1, 0.15) is 122 Å². The normalized spacial score (nSPS) is 29.3. The number of nitrogens with zero attached hydrogens (tertiary/aromatic N) is 16. The number of nitrogen functional groups attached to an aromatic ring is 5. The predicted molar refractivity (Wildman–Crippen MR) is 407 cm³/mol. The van der Waals surface area contributed by atoms with Crippen molar-refractivity contribution >= 4 is 129 Å². The highest BCUT2D eigenvalue weighted by Gasteiger charge is 2.52. The Labute approximate surface area is 689 Å². The van der Waals surface area contributed by atoms with Gasteiger partial charge >= 0.3 is 50.5 Å². The number of aromatic amines is 4. The number of nitrogens with one attached hydrogen (secondary N) is 4. The van der Waals surface area contributed by atoms with Crippen molar-refractivity contribution in [2.45, 2.75) is 149 Å². The molecule has 0 saturated carbocycles. The van der Waals surface area contributed by atoms with Crippen molar-refractivity contribution in [1.29, 1.82) is 0 Å². The number of phosphoric ester groups is 5. The number of fused-ring (bicyclic) bond motifs is 4. The molecule has 6 saturated heterocycles. The summed E-state index contributed by atoms with van der Waals surface area (Å²) in [4.78, 5) is 184. The van der Waals surface area contributed by atoms with Gasteiger partial charge in [0.2, 0.25) is 17.8 Å². The monoisotopic (exact) mass is 1900 g/mol.